The molecule has 6 nitrogen and oxygen atoms in total. The molecular formula is C28H27N3O3. The predicted molar refractivity (Wildman–Crippen MR) is 132 cm³/mol. The molecule has 0 fully saturated rings. The van der Waals surface area contributed by atoms with E-state index in [1.165, 1.54) is 0 Å². The van der Waals surface area contributed by atoms with Gasteiger partial charge >= 0.3 is 0 Å². The highest BCUT2D eigenvalue weighted by molar-refractivity contribution is 5.77. The van der Waals surface area contributed by atoms with Crippen molar-refractivity contribution in [1.29, 1.82) is 0 Å². The van der Waals surface area contributed by atoms with E-state index in [1.807, 2.05) is 66.7 Å². The Morgan fingerprint density at radius 3 is 2.03 bits per heavy atom. The number of carbonyl (C=O) groups is 1. The minimum Gasteiger partial charge on any atom is -0.497 e. The Balaban J connectivity index is 1.27. The normalized spacial score (nSPS) is 10.6. The third kappa shape index (κ3) is 6.19. The highest BCUT2D eigenvalue weighted by atomic mass is 16.5. The summed E-state index contributed by atoms with van der Waals surface area (Å²) in [6.07, 6.45) is 0.365. The molecule has 0 aliphatic carbocycles. The van der Waals surface area contributed by atoms with Crippen LogP contribution in [0.2, 0.25) is 0 Å². The molecule has 1 amide bonds. The maximum Gasteiger partial charge on any atom is 0.233 e. The maximum absolute atomic E-state index is 12.7. The Morgan fingerprint density at radius 2 is 1.47 bits per heavy atom. The van der Waals surface area contributed by atoms with Crippen LogP contribution in [0.25, 0.3) is 11.3 Å². The summed E-state index contributed by atoms with van der Waals surface area (Å²) in [6, 6.07) is 31.4. The number of hydrogen-bond acceptors (Lipinski definition) is 5. The number of carbonyl (C=O) groups excluding carboxylic acids is 1. The number of methoxy groups -OCH3 is 1. The molecule has 0 spiro atoms. The van der Waals surface area contributed by atoms with Crippen molar-refractivity contribution in [3.8, 4) is 22.9 Å². The van der Waals surface area contributed by atoms with Gasteiger partial charge < -0.3 is 14.8 Å². The van der Waals surface area contributed by atoms with Gasteiger partial charge in [0.1, 0.15) is 12.4 Å². The first-order valence-corrected chi connectivity index (χ1v) is 11.2. The lowest BCUT2D eigenvalue weighted by atomic mass is 9.88. The second-order valence-electron chi connectivity index (χ2n) is 7.76. The van der Waals surface area contributed by atoms with Gasteiger partial charge in [0.2, 0.25) is 11.8 Å². The van der Waals surface area contributed by atoms with Crippen LogP contribution < -0.4 is 14.8 Å². The van der Waals surface area contributed by atoms with Crippen LogP contribution in [0.4, 0.5) is 0 Å². The highest BCUT2D eigenvalue weighted by Crippen LogP contribution is 2.27. The molecule has 0 bridgehead atoms. The third-order valence-electron chi connectivity index (χ3n) is 5.49. The van der Waals surface area contributed by atoms with E-state index in [9.17, 15) is 4.79 Å². The number of rotatable bonds is 10. The van der Waals surface area contributed by atoms with E-state index < -0.39 is 0 Å². The topological polar surface area (TPSA) is 73.3 Å². The number of hydrogen-bond donors (Lipinski definition) is 1. The molecule has 3 aromatic carbocycles. The Hall–Kier alpha value is -4.19. The predicted octanol–water partition coefficient (Wildman–Crippen LogP) is 4.87. The molecule has 0 saturated heterocycles. The fraction of sp³-hybridized carbons (Fsp3) is 0.179. The third-order valence-corrected chi connectivity index (χ3v) is 5.49. The number of nitrogens with zero attached hydrogens (tertiary/aromatic N) is 2. The molecule has 1 N–H and O–H groups in total. The fourth-order valence-electron chi connectivity index (χ4n) is 3.72. The average Bonchev–Trinajstić information content (AvgIpc) is 2.91. The minimum absolute atomic E-state index is 0.000293. The van der Waals surface area contributed by atoms with Crippen molar-refractivity contribution in [2.75, 3.05) is 20.3 Å². The molecule has 0 radical (unpaired) electrons. The van der Waals surface area contributed by atoms with Gasteiger partial charge in [0.05, 0.1) is 19.3 Å². The minimum atomic E-state index is -0.0257. The van der Waals surface area contributed by atoms with E-state index >= 15 is 0 Å². The standard InChI is InChI=1S/C28H27N3O3/c1-33-24-14-12-23(13-15-24)26-16-17-28(31-30-26)34-19-18-29-27(32)20-25(21-8-4-2-5-9-21)22-10-6-3-7-11-22/h2-17,25H,18-20H2,1H3,(H,29,32). The molecule has 6 heteroatoms. The number of aromatic nitrogens is 2. The fourth-order valence-corrected chi connectivity index (χ4v) is 3.72. The van der Waals surface area contributed by atoms with Gasteiger partial charge in [0.25, 0.3) is 0 Å². The van der Waals surface area contributed by atoms with E-state index in [0.717, 1.165) is 28.1 Å². The van der Waals surface area contributed by atoms with Crippen LogP contribution in [-0.4, -0.2) is 36.4 Å². The number of benzene rings is 3. The molecule has 1 heterocycles. The van der Waals surface area contributed by atoms with Crippen molar-refractivity contribution in [2.45, 2.75) is 12.3 Å². The van der Waals surface area contributed by atoms with Crippen LogP contribution in [0.15, 0.2) is 97.1 Å². The SMILES string of the molecule is COc1ccc(-c2ccc(OCCNC(=O)CC(c3ccccc3)c3ccccc3)nn2)cc1. The average molecular weight is 454 g/mol. The van der Waals surface area contributed by atoms with Crippen molar-refractivity contribution >= 4 is 5.91 Å². The van der Waals surface area contributed by atoms with E-state index in [-0.39, 0.29) is 11.8 Å². The summed E-state index contributed by atoms with van der Waals surface area (Å²) in [5, 5.41) is 11.3. The summed E-state index contributed by atoms with van der Waals surface area (Å²) in [5.74, 6) is 1.18. The molecule has 0 aliphatic heterocycles. The molecule has 0 atom stereocenters. The van der Waals surface area contributed by atoms with Crippen LogP contribution in [-0.2, 0) is 4.79 Å². The van der Waals surface area contributed by atoms with Gasteiger partial charge in [-0.3, -0.25) is 4.79 Å². The summed E-state index contributed by atoms with van der Waals surface area (Å²) in [7, 11) is 1.63. The zero-order valence-electron chi connectivity index (χ0n) is 19.1. The van der Waals surface area contributed by atoms with Gasteiger partial charge in [-0.1, -0.05) is 60.7 Å². The zero-order chi connectivity index (χ0) is 23.6. The van der Waals surface area contributed by atoms with Crippen molar-refractivity contribution in [2.24, 2.45) is 0 Å². The zero-order valence-corrected chi connectivity index (χ0v) is 19.1. The summed E-state index contributed by atoms with van der Waals surface area (Å²) < 4.78 is 10.8. The Morgan fingerprint density at radius 1 is 0.824 bits per heavy atom. The Labute approximate surface area is 199 Å². The number of ether oxygens (including phenoxy) is 2. The van der Waals surface area contributed by atoms with E-state index in [4.69, 9.17) is 9.47 Å². The molecule has 34 heavy (non-hydrogen) atoms. The van der Waals surface area contributed by atoms with E-state index in [1.54, 1.807) is 13.2 Å². The number of amides is 1. The number of nitrogens with one attached hydrogen (secondary N) is 1. The monoisotopic (exact) mass is 453 g/mol. The molecule has 0 saturated carbocycles. The van der Waals surface area contributed by atoms with Gasteiger partial charge in [-0.15, -0.1) is 10.2 Å². The van der Waals surface area contributed by atoms with Gasteiger partial charge in [-0.05, 0) is 41.5 Å². The molecule has 1 aromatic heterocycles. The van der Waals surface area contributed by atoms with Crippen molar-refractivity contribution in [1.82, 2.24) is 15.5 Å². The second kappa shape index (κ2) is 11.6. The van der Waals surface area contributed by atoms with E-state index in [2.05, 4.69) is 39.8 Å². The first-order valence-electron chi connectivity index (χ1n) is 11.2. The molecule has 4 rings (SSSR count). The summed E-state index contributed by atoms with van der Waals surface area (Å²) >= 11 is 0. The van der Waals surface area contributed by atoms with E-state index in [0.29, 0.717) is 25.5 Å². The van der Waals surface area contributed by atoms with Crippen LogP contribution in [0.5, 0.6) is 11.6 Å². The van der Waals surface area contributed by atoms with Gasteiger partial charge in [-0.2, -0.15) is 0 Å². The largest absolute Gasteiger partial charge is 0.497 e. The van der Waals surface area contributed by atoms with Gasteiger partial charge in [-0.25, -0.2) is 0 Å². The summed E-state index contributed by atoms with van der Waals surface area (Å²) in [5.41, 5.74) is 3.93. The van der Waals surface area contributed by atoms with Gasteiger partial charge in [0, 0.05) is 24.0 Å². The lowest BCUT2D eigenvalue weighted by molar-refractivity contribution is -0.121. The Kier molecular flexibility index (Phi) is 7.85. The lowest BCUT2D eigenvalue weighted by Gasteiger charge is -2.18. The van der Waals surface area contributed by atoms with Gasteiger partial charge in [0.15, 0.2) is 0 Å². The maximum atomic E-state index is 12.7. The lowest BCUT2D eigenvalue weighted by Crippen LogP contribution is -2.29. The van der Waals surface area contributed by atoms with Crippen LogP contribution >= 0.6 is 0 Å². The molecular weight excluding hydrogens is 426 g/mol. The van der Waals surface area contributed by atoms with Crippen molar-refractivity contribution in [3.63, 3.8) is 0 Å². The molecule has 0 aliphatic rings. The molecule has 4 aromatic rings. The smallest absolute Gasteiger partial charge is 0.233 e. The molecule has 172 valence electrons. The van der Waals surface area contributed by atoms with Crippen molar-refractivity contribution in [3.05, 3.63) is 108 Å². The summed E-state index contributed by atoms with van der Waals surface area (Å²) in [6.45, 7) is 0.695. The van der Waals surface area contributed by atoms with Crippen LogP contribution in [0, 0.1) is 0 Å². The highest BCUT2D eigenvalue weighted by Gasteiger charge is 2.17. The first kappa shape index (κ1) is 23.0. The molecule has 0 unspecified atom stereocenters. The first-order chi connectivity index (χ1) is 16.7. The summed E-state index contributed by atoms with van der Waals surface area (Å²) in [4.78, 5) is 12.7. The van der Waals surface area contributed by atoms with Crippen LogP contribution in [0.1, 0.15) is 23.5 Å². The van der Waals surface area contributed by atoms with Crippen LogP contribution in [0.3, 0.4) is 0 Å². The van der Waals surface area contributed by atoms with Crippen molar-refractivity contribution < 1.29 is 14.3 Å². The quantitative estimate of drug-likeness (QED) is 0.347. The Bertz CT molecular complexity index is 1130. The second-order valence-corrected chi connectivity index (χ2v) is 7.76.